The van der Waals surface area contributed by atoms with Crippen molar-refractivity contribution >= 4 is 5.91 Å². The van der Waals surface area contributed by atoms with E-state index in [1.54, 1.807) is 17.4 Å². The van der Waals surface area contributed by atoms with Gasteiger partial charge in [-0.2, -0.15) is 0 Å². The van der Waals surface area contributed by atoms with Gasteiger partial charge in [0.25, 0.3) is 0 Å². The SMILES string of the molecule is C1=CCOC=C1.C=CN1CCCC1=O. The van der Waals surface area contributed by atoms with Crippen LogP contribution in [0.5, 0.6) is 0 Å². The topological polar surface area (TPSA) is 29.5 Å². The van der Waals surface area contributed by atoms with Gasteiger partial charge in [-0.05, 0) is 24.8 Å². The van der Waals surface area contributed by atoms with Crippen LogP contribution in [0.2, 0.25) is 0 Å². The molecular weight excluding hydrogens is 178 g/mol. The molecule has 0 aromatic rings. The van der Waals surface area contributed by atoms with Crippen molar-refractivity contribution in [3.8, 4) is 0 Å². The lowest BCUT2D eigenvalue weighted by molar-refractivity contribution is -0.125. The van der Waals surface area contributed by atoms with Crippen molar-refractivity contribution in [1.29, 1.82) is 0 Å². The summed E-state index contributed by atoms with van der Waals surface area (Å²) in [5.41, 5.74) is 0. The van der Waals surface area contributed by atoms with E-state index in [0.29, 0.717) is 6.42 Å². The first kappa shape index (κ1) is 10.6. The molecule has 3 nitrogen and oxygen atoms in total. The number of carbonyl (C=O) groups is 1. The molecular formula is C11H15NO2. The minimum absolute atomic E-state index is 0.208. The number of hydrogen-bond acceptors (Lipinski definition) is 2. The molecule has 0 atom stereocenters. The van der Waals surface area contributed by atoms with Gasteiger partial charge in [-0.3, -0.25) is 4.79 Å². The van der Waals surface area contributed by atoms with Crippen LogP contribution >= 0.6 is 0 Å². The first-order valence-electron chi connectivity index (χ1n) is 4.70. The highest BCUT2D eigenvalue weighted by atomic mass is 16.5. The van der Waals surface area contributed by atoms with Gasteiger partial charge in [-0.1, -0.05) is 12.7 Å². The molecule has 2 aliphatic heterocycles. The number of nitrogens with zero attached hydrogens (tertiary/aromatic N) is 1. The summed E-state index contributed by atoms with van der Waals surface area (Å²) in [6.07, 6.45) is 10.7. The molecule has 1 saturated heterocycles. The minimum atomic E-state index is 0.208. The van der Waals surface area contributed by atoms with Crippen molar-refractivity contribution in [2.45, 2.75) is 12.8 Å². The molecule has 0 aromatic heterocycles. The lowest BCUT2D eigenvalue weighted by Gasteiger charge is -2.05. The standard InChI is InChI=1S/C6H9NO.C5H6O/c1-2-7-5-3-4-6(7)8;1-2-4-6-5-3-1/h2H,1,3-5H2;1-4H,5H2. The van der Waals surface area contributed by atoms with Gasteiger partial charge in [0.1, 0.15) is 6.61 Å². The molecule has 0 N–H and O–H groups in total. The van der Waals surface area contributed by atoms with Crippen molar-refractivity contribution in [3.63, 3.8) is 0 Å². The van der Waals surface area contributed by atoms with Gasteiger partial charge in [-0.25, -0.2) is 0 Å². The lowest BCUT2D eigenvalue weighted by Crippen LogP contribution is -2.16. The average Bonchev–Trinajstić information content (AvgIpc) is 2.67. The maximum absolute atomic E-state index is 10.7. The average molecular weight is 193 g/mol. The Hall–Kier alpha value is -1.51. The van der Waals surface area contributed by atoms with Crippen molar-refractivity contribution in [2.24, 2.45) is 0 Å². The zero-order valence-electron chi connectivity index (χ0n) is 8.19. The van der Waals surface area contributed by atoms with Crippen LogP contribution in [0, 0.1) is 0 Å². The summed E-state index contributed by atoms with van der Waals surface area (Å²) < 4.78 is 4.80. The first-order valence-corrected chi connectivity index (χ1v) is 4.70. The fourth-order valence-electron chi connectivity index (χ4n) is 1.21. The smallest absolute Gasteiger partial charge is 0.226 e. The first-order chi connectivity index (χ1) is 6.84. The number of likely N-dealkylation sites (tertiary alicyclic amines) is 1. The monoisotopic (exact) mass is 193 g/mol. The number of amides is 1. The Balaban J connectivity index is 0.000000146. The molecule has 0 radical (unpaired) electrons. The van der Waals surface area contributed by atoms with E-state index in [9.17, 15) is 4.79 Å². The summed E-state index contributed by atoms with van der Waals surface area (Å²) in [5, 5.41) is 0. The highest BCUT2D eigenvalue weighted by Crippen LogP contribution is 2.08. The molecule has 0 saturated carbocycles. The summed E-state index contributed by atoms with van der Waals surface area (Å²) in [5.74, 6) is 0.208. The van der Waals surface area contributed by atoms with Crippen LogP contribution in [0.25, 0.3) is 0 Å². The number of rotatable bonds is 1. The summed E-state index contributed by atoms with van der Waals surface area (Å²) in [6, 6.07) is 0. The van der Waals surface area contributed by atoms with E-state index in [0.717, 1.165) is 19.6 Å². The van der Waals surface area contributed by atoms with Crippen LogP contribution in [0.4, 0.5) is 0 Å². The zero-order valence-corrected chi connectivity index (χ0v) is 8.19. The molecule has 0 aliphatic carbocycles. The predicted octanol–water partition coefficient (Wildman–Crippen LogP) is 1.84. The second kappa shape index (κ2) is 6.02. The molecule has 2 heterocycles. The second-order valence-electron chi connectivity index (χ2n) is 2.96. The predicted molar refractivity (Wildman–Crippen MR) is 55.4 cm³/mol. The minimum Gasteiger partial charge on any atom is -0.497 e. The number of ether oxygens (including phenoxy) is 1. The second-order valence-corrected chi connectivity index (χ2v) is 2.96. The zero-order chi connectivity index (χ0) is 10.2. The number of hydrogen-bond donors (Lipinski definition) is 0. The van der Waals surface area contributed by atoms with Gasteiger partial charge >= 0.3 is 0 Å². The van der Waals surface area contributed by atoms with Crippen LogP contribution < -0.4 is 0 Å². The van der Waals surface area contributed by atoms with Crippen molar-refractivity contribution in [3.05, 3.63) is 37.3 Å². The van der Waals surface area contributed by atoms with Crippen LogP contribution in [0.1, 0.15) is 12.8 Å². The fourth-order valence-corrected chi connectivity index (χ4v) is 1.21. The summed E-state index contributed by atoms with van der Waals surface area (Å²) in [4.78, 5) is 12.3. The Labute approximate surface area is 84.3 Å². The van der Waals surface area contributed by atoms with Gasteiger partial charge in [0.15, 0.2) is 0 Å². The third kappa shape index (κ3) is 3.47. The Kier molecular flexibility index (Phi) is 4.55. The summed E-state index contributed by atoms with van der Waals surface area (Å²) >= 11 is 0. The van der Waals surface area contributed by atoms with Crippen molar-refractivity contribution < 1.29 is 9.53 Å². The maximum atomic E-state index is 10.7. The van der Waals surface area contributed by atoms with Crippen LogP contribution in [0.15, 0.2) is 37.3 Å². The van der Waals surface area contributed by atoms with E-state index in [4.69, 9.17) is 4.74 Å². The normalized spacial score (nSPS) is 18.6. The van der Waals surface area contributed by atoms with E-state index in [1.807, 2.05) is 18.2 Å². The van der Waals surface area contributed by atoms with E-state index in [1.165, 1.54) is 0 Å². The van der Waals surface area contributed by atoms with Gasteiger partial charge < -0.3 is 9.64 Å². The quantitative estimate of drug-likeness (QED) is 0.636. The fraction of sp³-hybridized carbons (Fsp3) is 0.364. The number of allylic oxidation sites excluding steroid dienone is 2. The van der Waals surface area contributed by atoms with Gasteiger partial charge in [0.05, 0.1) is 6.26 Å². The summed E-state index contributed by atoms with van der Waals surface area (Å²) in [6.45, 7) is 5.09. The largest absolute Gasteiger partial charge is 0.497 e. The highest BCUT2D eigenvalue weighted by molar-refractivity contribution is 5.78. The van der Waals surface area contributed by atoms with Crippen molar-refractivity contribution in [1.82, 2.24) is 4.90 Å². The number of carbonyl (C=O) groups excluding carboxylic acids is 1. The highest BCUT2D eigenvalue weighted by Gasteiger charge is 2.15. The van der Waals surface area contributed by atoms with E-state index < -0.39 is 0 Å². The third-order valence-corrected chi connectivity index (χ3v) is 1.94. The molecule has 3 heteroatoms. The Morgan fingerprint density at radius 1 is 1.50 bits per heavy atom. The van der Waals surface area contributed by atoms with Crippen LogP contribution in [-0.4, -0.2) is 24.0 Å². The molecule has 2 rings (SSSR count). The van der Waals surface area contributed by atoms with Gasteiger partial charge in [0.2, 0.25) is 5.91 Å². The molecule has 1 amide bonds. The van der Waals surface area contributed by atoms with E-state index in [-0.39, 0.29) is 5.91 Å². The Bertz CT molecular complexity index is 244. The third-order valence-electron chi connectivity index (χ3n) is 1.94. The Morgan fingerprint density at radius 3 is 2.57 bits per heavy atom. The van der Waals surface area contributed by atoms with Gasteiger partial charge in [-0.15, -0.1) is 0 Å². The molecule has 0 bridgehead atoms. The van der Waals surface area contributed by atoms with E-state index >= 15 is 0 Å². The van der Waals surface area contributed by atoms with Gasteiger partial charge in [0, 0.05) is 13.0 Å². The molecule has 0 spiro atoms. The molecule has 1 fully saturated rings. The Morgan fingerprint density at radius 2 is 2.36 bits per heavy atom. The molecule has 0 unspecified atom stereocenters. The molecule has 14 heavy (non-hydrogen) atoms. The summed E-state index contributed by atoms with van der Waals surface area (Å²) in [7, 11) is 0. The van der Waals surface area contributed by atoms with E-state index in [2.05, 4.69) is 6.58 Å². The van der Waals surface area contributed by atoms with Crippen LogP contribution in [0.3, 0.4) is 0 Å². The molecule has 2 aliphatic rings. The van der Waals surface area contributed by atoms with Crippen molar-refractivity contribution in [2.75, 3.05) is 13.2 Å². The molecule has 0 aromatic carbocycles. The van der Waals surface area contributed by atoms with Crippen LogP contribution in [-0.2, 0) is 9.53 Å². The maximum Gasteiger partial charge on any atom is 0.226 e. The molecule has 76 valence electrons. The lowest BCUT2D eigenvalue weighted by atomic mass is 10.4.